The zero-order chi connectivity index (χ0) is 13.1. The van der Waals surface area contributed by atoms with E-state index in [1.807, 2.05) is 52.0 Å². The molecule has 1 atom stereocenters. The van der Waals surface area contributed by atoms with Crippen molar-refractivity contribution in [2.45, 2.75) is 39.3 Å². The predicted molar refractivity (Wildman–Crippen MR) is 80.1 cm³/mol. The Kier molecular flexibility index (Phi) is 4.80. The number of amides is 1. The second-order valence-corrected chi connectivity index (χ2v) is 6.25. The number of halogens is 1. The largest absolute Gasteiger partial charge is 0.373 e. The number of hydrogen-bond donors (Lipinski definition) is 2. The van der Waals surface area contributed by atoms with E-state index in [9.17, 15) is 4.79 Å². The summed E-state index contributed by atoms with van der Waals surface area (Å²) in [6, 6.07) is 7.68. The lowest BCUT2D eigenvalue weighted by atomic mass is 10.1. The molecule has 3 nitrogen and oxygen atoms in total. The van der Waals surface area contributed by atoms with Crippen LogP contribution in [0.2, 0.25) is 0 Å². The maximum Gasteiger partial charge on any atom is 0.242 e. The topological polar surface area (TPSA) is 41.1 Å². The molecule has 1 aromatic rings. The molecule has 0 radical (unpaired) electrons. The minimum atomic E-state index is -0.245. The highest BCUT2D eigenvalue weighted by atomic mass is 127. The van der Waals surface area contributed by atoms with E-state index in [-0.39, 0.29) is 17.5 Å². The number of carbonyl (C=O) groups is 1. The molecule has 0 heterocycles. The molecule has 94 valence electrons. The minimum absolute atomic E-state index is 0.0113. The van der Waals surface area contributed by atoms with Gasteiger partial charge in [-0.15, -0.1) is 0 Å². The second-order valence-electron chi connectivity index (χ2n) is 5.09. The molecule has 1 unspecified atom stereocenters. The van der Waals surface area contributed by atoms with Crippen molar-refractivity contribution < 1.29 is 4.79 Å². The quantitative estimate of drug-likeness (QED) is 0.827. The summed E-state index contributed by atoms with van der Waals surface area (Å²) >= 11 is 2.25. The summed E-state index contributed by atoms with van der Waals surface area (Å²) in [7, 11) is 0. The van der Waals surface area contributed by atoms with Crippen molar-refractivity contribution in [3.8, 4) is 0 Å². The molecule has 0 saturated heterocycles. The van der Waals surface area contributed by atoms with E-state index in [1.165, 1.54) is 0 Å². The molecule has 0 bridgehead atoms. The van der Waals surface area contributed by atoms with Crippen LogP contribution in [-0.2, 0) is 4.79 Å². The van der Waals surface area contributed by atoms with Gasteiger partial charge in [0.15, 0.2) is 0 Å². The Hall–Kier alpha value is -0.780. The van der Waals surface area contributed by atoms with Crippen LogP contribution in [0.4, 0.5) is 5.69 Å². The standard InChI is InChI=1S/C13H19IN2O/c1-9(12(17)16-13(2,3)4)15-11-8-6-5-7-10(11)14/h5-9,15H,1-4H3,(H,16,17). The summed E-state index contributed by atoms with van der Waals surface area (Å²) in [4.78, 5) is 11.9. The first-order valence-corrected chi connectivity index (χ1v) is 6.70. The maximum absolute atomic E-state index is 11.9. The first-order valence-electron chi connectivity index (χ1n) is 5.63. The lowest BCUT2D eigenvalue weighted by Crippen LogP contribution is -2.47. The summed E-state index contributed by atoms with van der Waals surface area (Å²) in [5, 5.41) is 6.17. The monoisotopic (exact) mass is 346 g/mol. The Balaban J connectivity index is 2.64. The first kappa shape index (κ1) is 14.3. The fourth-order valence-corrected chi connectivity index (χ4v) is 1.90. The van der Waals surface area contributed by atoms with Crippen molar-refractivity contribution in [1.82, 2.24) is 5.32 Å². The summed E-state index contributed by atoms with van der Waals surface area (Å²) < 4.78 is 1.11. The number of hydrogen-bond acceptors (Lipinski definition) is 2. The van der Waals surface area contributed by atoms with E-state index in [1.54, 1.807) is 0 Å². The van der Waals surface area contributed by atoms with E-state index in [2.05, 4.69) is 33.2 Å². The van der Waals surface area contributed by atoms with Gasteiger partial charge in [0.2, 0.25) is 5.91 Å². The molecule has 17 heavy (non-hydrogen) atoms. The number of benzene rings is 1. The summed E-state index contributed by atoms with van der Waals surface area (Å²) in [5.41, 5.74) is 0.793. The number of carbonyl (C=O) groups excluding carboxylic acids is 1. The van der Waals surface area contributed by atoms with Crippen LogP contribution in [0.3, 0.4) is 0 Å². The average molecular weight is 346 g/mol. The van der Waals surface area contributed by atoms with Gasteiger partial charge >= 0.3 is 0 Å². The summed E-state index contributed by atoms with van der Waals surface area (Å²) in [6.45, 7) is 7.79. The predicted octanol–water partition coefficient (Wildman–Crippen LogP) is 3.01. The first-order chi connectivity index (χ1) is 7.79. The van der Waals surface area contributed by atoms with Crippen LogP contribution in [-0.4, -0.2) is 17.5 Å². The van der Waals surface area contributed by atoms with E-state index in [0.29, 0.717) is 0 Å². The second kappa shape index (κ2) is 5.71. The van der Waals surface area contributed by atoms with Crippen molar-refractivity contribution in [3.63, 3.8) is 0 Å². The van der Waals surface area contributed by atoms with Crippen LogP contribution in [0, 0.1) is 3.57 Å². The molecule has 0 aliphatic heterocycles. The van der Waals surface area contributed by atoms with Crippen LogP contribution in [0.25, 0.3) is 0 Å². The van der Waals surface area contributed by atoms with Crippen LogP contribution < -0.4 is 10.6 Å². The Bertz CT molecular complexity index is 399. The lowest BCUT2D eigenvalue weighted by molar-refractivity contribution is -0.122. The summed E-state index contributed by atoms with van der Waals surface area (Å²) in [5.74, 6) is 0.0113. The molecule has 1 rings (SSSR count). The number of nitrogens with one attached hydrogen (secondary N) is 2. The van der Waals surface area contributed by atoms with Crippen LogP contribution in [0.5, 0.6) is 0 Å². The van der Waals surface area contributed by atoms with Gasteiger partial charge in [-0.1, -0.05) is 12.1 Å². The van der Waals surface area contributed by atoms with Gasteiger partial charge in [-0.3, -0.25) is 4.79 Å². The van der Waals surface area contributed by atoms with E-state index >= 15 is 0 Å². The van der Waals surface area contributed by atoms with Gasteiger partial charge in [0.25, 0.3) is 0 Å². The van der Waals surface area contributed by atoms with Gasteiger partial charge in [0.1, 0.15) is 6.04 Å². The van der Waals surface area contributed by atoms with Crippen molar-refractivity contribution >= 4 is 34.2 Å². The zero-order valence-corrected chi connectivity index (χ0v) is 12.8. The molecule has 4 heteroatoms. The fourth-order valence-electron chi connectivity index (χ4n) is 1.35. The van der Waals surface area contributed by atoms with Gasteiger partial charge in [-0.05, 0) is 62.4 Å². The highest BCUT2D eigenvalue weighted by Crippen LogP contribution is 2.17. The van der Waals surface area contributed by atoms with Crippen molar-refractivity contribution in [2.24, 2.45) is 0 Å². The molecular weight excluding hydrogens is 327 g/mol. The van der Waals surface area contributed by atoms with Crippen LogP contribution >= 0.6 is 22.6 Å². The average Bonchev–Trinajstić information content (AvgIpc) is 2.18. The van der Waals surface area contributed by atoms with Gasteiger partial charge in [-0.25, -0.2) is 0 Å². The van der Waals surface area contributed by atoms with E-state index in [4.69, 9.17) is 0 Å². The van der Waals surface area contributed by atoms with Crippen molar-refractivity contribution in [3.05, 3.63) is 27.8 Å². The third-order valence-corrected chi connectivity index (χ3v) is 3.08. The Morgan fingerprint density at radius 1 is 1.29 bits per heavy atom. The third kappa shape index (κ3) is 4.93. The Morgan fingerprint density at radius 2 is 1.88 bits per heavy atom. The van der Waals surface area contributed by atoms with E-state index < -0.39 is 0 Å². The smallest absolute Gasteiger partial charge is 0.242 e. The minimum Gasteiger partial charge on any atom is -0.373 e. The van der Waals surface area contributed by atoms with Gasteiger partial charge < -0.3 is 10.6 Å². The fraction of sp³-hybridized carbons (Fsp3) is 0.462. The van der Waals surface area contributed by atoms with Gasteiger partial charge in [0.05, 0.1) is 0 Å². The van der Waals surface area contributed by atoms with Crippen LogP contribution in [0.1, 0.15) is 27.7 Å². The SMILES string of the molecule is CC(Nc1ccccc1I)C(=O)NC(C)(C)C. The molecule has 0 aliphatic carbocycles. The van der Waals surface area contributed by atoms with Crippen molar-refractivity contribution in [2.75, 3.05) is 5.32 Å². The number of rotatable bonds is 3. The normalized spacial score (nSPS) is 13.0. The highest BCUT2D eigenvalue weighted by Gasteiger charge is 2.19. The molecule has 1 amide bonds. The molecule has 0 fully saturated rings. The number of para-hydroxylation sites is 1. The molecule has 0 aliphatic rings. The molecule has 1 aromatic carbocycles. The van der Waals surface area contributed by atoms with Crippen molar-refractivity contribution in [1.29, 1.82) is 0 Å². The Morgan fingerprint density at radius 3 is 2.41 bits per heavy atom. The van der Waals surface area contributed by atoms with Gasteiger partial charge in [-0.2, -0.15) is 0 Å². The van der Waals surface area contributed by atoms with Gasteiger partial charge in [0, 0.05) is 14.8 Å². The Labute approximate surface area is 117 Å². The molecular formula is C13H19IN2O. The third-order valence-electron chi connectivity index (χ3n) is 2.14. The maximum atomic E-state index is 11.9. The molecule has 2 N–H and O–H groups in total. The highest BCUT2D eigenvalue weighted by molar-refractivity contribution is 14.1. The lowest BCUT2D eigenvalue weighted by Gasteiger charge is -2.24. The molecule has 0 spiro atoms. The molecule has 0 aromatic heterocycles. The number of anilines is 1. The summed E-state index contributed by atoms with van der Waals surface area (Å²) in [6.07, 6.45) is 0. The molecule has 0 saturated carbocycles. The zero-order valence-electron chi connectivity index (χ0n) is 10.7. The van der Waals surface area contributed by atoms with E-state index in [0.717, 1.165) is 9.26 Å². The van der Waals surface area contributed by atoms with Crippen LogP contribution in [0.15, 0.2) is 24.3 Å².